The first-order chi connectivity index (χ1) is 11.0. The maximum atomic E-state index is 12.1. The molecule has 2 aromatic rings. The number of nitrogens with one attached hydrogen (secondary N) is 3. The summed E-state index contributed by atoms with van der Waals surface area (Å²) in [6.07, 6.45) is 4.62. The number of fused-ring (bicyclic) bond motifs is 1. The van der Waals surface area contributed by atoms with E-state index in [1.165, 1.54) is 24.6 Å². The largest absolute Gasteiger partial charge is 0.369 e. The number of amides is 1. The monoisotopic (exact) mass is 336 g/mol. The van der Waals surface area contributed by atoms with E-state index in [-0.39, 0.29) is 40.4 Å². The predicted molar refractivity (Wildman–Crippen MR) is 89.2 cm³/mol. The number of anilines is 1. The van der Waals surface area contributed by atoms with Crippen LogP contribution in [0.1, 0.15) is 32.6 Å². The molecule has 9 heteroatoms. The lowest BCUT2D eigenvalue weighted by Gasteiger charge is -2.29. The Kier molecular flexibility index (Phi) is 4.56. The van der Waals surface area contributed by atoms with Gasteiger partial charge in [0.25, 0.3) is 5.56 Å². The van der Waals surface area contributed by atoms with Crippen molar-refractivity contribution in [1.82, 2.24) is 25.3 Å². The molecule has 2 heterocycles. The van der Waals surface area contributed by atoms with E-state index in [1.54, 1.807) is 0 Å². The summed E-state index contributed by atoms with van der Waals surface area (Å²) < 4.78 is 0. The molecule has 5 N–H and O–H groups in total. The number of nitrogen functional groups attached to an aromatic ring is 1. The molecule has 0 bridgehead atoms. The molecule has 23 heavy (non-hydrogen) atoms. The Labute approximate surface area is 137 Å². The number of carbonyl (C=O) groups excluding carboxylic acids is 1. The second kappa shape index (κ2) is 6.61. The van der Waals surface area contributed by atoms with Crippen molar-refractivity contribution in [1.29, 1.82) is 0 Å². The fraction of sp³-hybridized carbons (Fsp3) is 0.571. The maximum absolute atomic E-state index is 12.1. The predicted octanol–water partition coefficient (Wildman–Crippen LogP) is 1.02. The number of aromatic amines is 2. The molecular weight excluding hydrogens is 316 g/mol. The highest BCUT2D eigenvalue weighted by Gasteiger charge is 2.22. The topological polar surface area (TPSA) is 130 Å². The van der Waals surface area contributed by atoms with Gasteiger partial charge in [0.15, 0.2) is 16.3 Å². The van der Waals surface area contributed by atoms with E-state index in [0.29, 0.717) is 11.1 Å². The van der Waals surface area contributed by atoms with E-state index in [1.807, 2.05) is 0 Å². The van der Waals surface area contributed by atoms with Crippen LogP contribution in [0.5, 0.6) is 0 Å². The molecule has 0 saturated heterocycles. The maximum Gasteiger partial charge on any atom is 0.278 e. The Bertz CT molecular complexity index is 770. The summed E-state index contributed by atoms with van der Waals surface area (Å²) in [7, 11) is 0. The highest BCUT2D eigenvalue weighted by Crippen LogP contribution is 2.24. The molecule has 8 nitrogen and oxygen atoms in total. The van der Waals surface area contributed by atoms with Gasteiger partial charge >= 0.3 is 0 Å². The lowest BCUT2D eigenvalue weighted by Crippen LogP contribution is -2.41. The molecule has 2 atom stereocenters. The molecule has 0 aromatic carbocycles. The first-order valence-electron chi connectivity index (χ1n) is 7.70. The van der Waals surface area contributed by atoms with Crippen LogP contribution in [-0.4, -0.2) is 37.6 Å². The van der Waals surface area contributed by atoms with Gasteiger partial charge in [0.1, 0.15) is 0 Å². The summed E-state index contributed by atoms with van der Waals surface area (Å²) in [4.78, 5) is 37.2. The molecule has 124 valence electrons. The first-order valence-corrected chi connectivity index (χ1v) is 8.69. The van der Waals surface area contributed by atoms with E-state index in [0.717, 1.165) is 12.8 Å². The molecule has 1 fully saturated rings. The zero-order valence-electron chi connectivity index (χ0n) is 12.9. The first kappa shape index (κ1) is 15.9. The summed E-state index contributed by atoms with van der Waals surface area (Å²) in [6.45, 7) is 2.18. The molecule has 3 rings (SSSR count). The fourth-order valence-corrected chi connectivity index (χ4v) is 3.56. The van der Waals surface area contributed by atoms with Crippen molar-refractivity contribution < 1.29 is 4.79 Å². The second-order valence-electron chi connectivity index (χ2n) is 5.92. The summed E-state index contributed by atoms with van der Waals surface area (Å²) >= 11 is 1.25. The minimum absolute atomic E-state index is 0.0180. The van der Waals surface area contributed by atoms with Gasteiger partial charge in [-0.25, -0.2) is 4.98 Å². The quantitative estimate of drug-likeness (QED) is 0.617. The number of thioether (sulfide) groups is 1. The van der Waals surface area contributed by atoms with Gasteiger partial charge in [0.05, 0.1) is 5.75 Å². The molecule has 1 amide bonds. The van der Waals surface area contributed by atoms with Crippen LogP contribution in [0.4, 0.5) is 5.95 Å². The lowest BCUT2D eigenvalue weighted by molar-refractivity contribution is -0.119. The fourth-order valence-electron chi connectivity index (χ4n) is 2.88. The van der Waals surface area contributed by atoms with Gasteiger partial charge in [0, 0.05) is 6.04 Å². The summed E-state index contributed by atoms with van der Waals surface area (Å²) in [5.41, 5.74) is 5.64. The van der Waals surface area contributed by atoms with Crippen molar-refractivity contribution in [2.24, 2.45) is 5.92 Å². The summed E-state index contributed by atoms with van der Waals surface area (Å²) in [6, 6.07) is 0.261. The van der Waals surface area contributed by atoms with Crippen molar-refractivity contribution in [3.8, 4) is 0 Å². The van der Waals surface area contributed by atoms with Gasteiger partial charge in [0.2, 0.25) is 11.9 Å². The van der Waals surface area contributed by atoms with Crippen molar-refractivity contribution in [3.05, 3.63) is 10.4 Å². The van der Waals surface area contributed by atoms with Gasteiger partial charge in [-0.05, 0) is 18.8 Å². The molecule has 2 aromatic heterocycles. The van der Waals surface area contributed by atoms with Crippen LogP contribution in [0.3, 0.4) is 0 Å². The highest BCUT2D eigenvalue weighted by atomic mass is 32.2. The second-order valence-corrected chi connectivity index (χ2v) is 6.88. The van der Waals surface area contributed by atoms with Crippen LogP contribution in [0.2, 0.25) is 0 Å². The minimum atomic E-state index is -0.368. The smallest absolute Gasteiger partial charge is 0.278 e. The van der Waals surface area contributed by atoms with Crippen molar-refractivity contribution >= 4 is 34.8 Å². The molecule has 0 aliphatic heterocycles. The van der Waals surface area contributed by atoms with E-state index in [9.17, 15) is 9.59 Å². The van der Waals surface area contributed by atoms with Crippen LogP contribution >= 0.6 is 11.8 Å². The van der Waals surface area contributed by atoms with E-state index in [4.69, 9.17) is 5.73 Å². The Morgan fingerprint density at radius 3 is 2.91 bits per heavy atom. The minimum Gasteiger partial charge on any atom is -0.369 e. The molecule has 1 aliphatic carbocycles. The Hall–Kier alpha value is -2.03. The van der Waals surface area contributed by atoms with Crippen LogP contribution in [0.25, 0.3) is 11.2 Å². The zero-order chi connectivity index (χ0) is 16.4. The molecule has 0 radical (unpaired) electrons. The van der Waals surface area contributed by atoms with Gasteiger partial charge in [-0.15, -0.1) is 0 Å². The Balaban J connectivity index is 1.60. The Morgan fingerprint density at radius 2 is 2.13 bits per heavy atom. The molecule has 0 unspecified atom stereocenters. The lowest BCUT2D eigenvalue weighted by atomic mass is 9.86. The molecule has 1 saturated carbocycles. The van der Waals surface area contributed by atoms with Crippen LogP contribution in [0.15, 0.2) is 9.95 Å². The third-order valence-corrected chi connectivity index (χ3v) is 5.03. The molecular formula is C14H20N6O2S. The van der Waals surface area contributed by atoms with Gasteiger partial charge in [-0.2, -0.15) is 4.98 Å². The van der Waals surface area contributed by atoms with E-state index >= 15 is 0 Å². The number of hydrogen-bond acceptors (Lipinski definition) is 6. The number of nitrogens with two attached hydrogens (primary N) is 1. The normalized spacial score (nSPS) is 21.4. The zero-order valence-corrected chi connectivity index (χ0v) is 13.7. The third kappa shape index (κ3) is 3.66. The van der Waals surface area contributed by atoms with Crippen molar-refractivity contribution in [2.45, 2.75) is 43.8 Å². The van der Waals surface area contributed by atoms with Gasteiger partial charge in [-0.1, -0.05) is 31.5 Å². The van der Waals surface area contributed by atoms with Gasteiger partial charge < -0.3 is 16.0 Å². The van der Waals surface area contributed by atoms with E-state index in [2.05, 4.69) is 32.2 Å². The number of aromatic nitrogens is 4. The van der Waals surface area contributed by atoms with Crippen LogP contribution in [0, 0.1) is 5.92 Å². The van der Waals surface area contributed by atoms with Crippen molar-refractivity contribution in [2.75, 3.05) is 11.5 Å². The Morgan fingerprint density at radius 1 is 1.35 bits per heavy atom. The average Bonchev–Trinajstić information content (AvgIpc) is 2.91. The SMILES string of the molecule is C[C@H]1CCCC[C@@H]1NC(=O)CSc1nc2nc(N)[nH]c(=O)c2[nH]1. The number of carbonyl (C=O) groups is 1. The number of hydrogen-bond donors (Lipinski definition) is 4. The molecule has 1 aliphatic rings. The summed E-state index contributed by atoms with van der Waals surface area (Å²) in [5.74, 6) is 0.774. The number of nitrogens with zero attached hydrogens (tertiary/aromatic N) is 2. The number of imidazole rings is 1. The van der Waals surface area contributed by atoms with Crippen LogP contribution < -0.4 is 16.6 Å². The van der Waals surface area contributed by atoms with E-state index < -0.39 is 0 Å². The van der Waals surface area contributed by atoms with Crippen molar-refractivity contribution in [3.63, 3.8) is 0 Å². The highest BCUT2D eigenvalue weighted by molar-refractivity contribution is 7.99. The third-order valence-electron chi connectivity index (χ3n) is 4.16. The van der Waals surface area contributed by atoms with Crippen LogP contribution in [-0.2, 0) is 4.79 Å². The number of H-pyrrole nitrogens is 2. The average molecular weight is 336 g/mol. The van der Waals surface area contributed by atoms with Gasteiger partial charge in [-0.3, -0.25) is 14.6 Å². The summed E-state index contributed by atoms with van der Waals surface area (Å²) in [5, 5.41) is 3.57. The standard InChI is InChI=1S/C14H20N6O2S/c1-7-4-2-3-5-8(7)16-9(21)6-23-14-17-10-11(19-14)18-13(15)20-12(10)22/h7-8H,2-6H2,1H3,(H,16,21)(H4,15,17,18,19,20,22)/t7-,8-/m0/s1. The number of rotatable bonds is 4. The molecule has 0 spiro atoms.